The Morgan fingerprint density at radius 2 is 1.95 bits per heavy atom. The van der Waals surface area contributed by atoms with Gasteiger partial charge in [0.2, 0.25) is 0 Å². The SMILES string of the molecule is Cc1ccc(CC(N)c2cccc(Br)c2C)c(Cl)c1. The molecule has 0 spiro atoms. The van der Waals surface area contributed by atoms with E-state index in [4.69, 9.17) is 17.3 Å². The molecule has 0 bridgehead atoms. The van der Waals surface area contributed by atoms with Crippen molar-refractivity contribution in [2.45, 2.75) is 26.3 Å². The van der Waals surface area contributed by atoms with Gasteiger partial charge in [0.25, 0.3) is 0 Å². The molecule has 0 fully saturated rings. The Morgan fingerprint density at radius 1 is 1.21 bits per heavy atom. The minimum Gasteiger partial charge on any atom is -0.324 e. The van der Waals surface area contributed by atoms with Crippen LogP contribution in [0.4, 0.5) is 0 Å². The first-order valence-corrected chi connectivity index (χ1v) is 7.41. The lowest BCUT2D eigenvalue weighted by Gasteiger charge is -2.16. The molecule has 2 N–H and O–H groups in total. The molecular weight excluding hydrogens is 322 g/mol. The average molecular weight is 339 g/mol. The Bertz CT molecular complexity index is 595. The highest BCUT2D eigenvalue weighted by atomic mass is 79.9. The van der Waals surface area contributed by atoms with E-state index in [0.29, 0.717) is 0 Å². The molecule has 2 aromatic carbocycles. The van der Waals surface area contributed by atoms with Gasteiger partial charge in [0, 0.05) is 15.5 Å². The Kier molecular flexibility index (Phi) is 4.67. The van der Waals surface area contributed by atoms with Crippen LogP contribution >= 0.6 is 27.5 Å². The highest BCUT2D eigenvalue weighted by molar-refractivity contribution is 9.10. The van der Waals surface area contributed by atoms with Gasteiger partial charge in [-0.05, 0) is 54.7 Å². The molecule has 0 saturated carbocycles. The van der Waals surface area contributed by atoms with E-state index < -0.39 is 0 Å². The van der Waals surface area contributed by atoms with Crippen LogP contribution < -0.4 is 5.73 Å². The van der Waals surface area contributed by atoms with E-state index in [0.717, 1.165) is 27.0 Å². The molecule has 0 aliphatic rings. The molecule has 19 heavy (non-hydrogen) atoms. The van der Waals surface area contributed by atoms with E-state index in [1.165, 1.54) is 11.1 Å². The number of nitrogens with two attached hydrogens (primary N) is 1. The zero-order valence-electron chi connectivity index (χ0n) is 11.1. The molecule has 0 saturated heterocycles. The standard InChI is InChI=1S/C16H17BrClN/c1-10-6-7-12(15(18)8-10)9-16(19)13-4-3-5-14(17)11(13)2/h3-8,16H,9,19H2,1-2H3. The van der Waals surface area contributed by atoms with Crippen molar-refractivity contribution in [1.82, 2.24) is 0 Å². The summed E-state index contributed by atoms with van der Waals surface area (Å²) in [5.41, 5.74) is 10.9. The number of hydrogen-bond acceptors (Lipinski definition) is 1. The summed E-state index contributed by atoms with van der Waals surface area (Å²) in [5, 5.41) is 0.795. The second-order valence-corrected chi connectivity index (χ2v) is 6.12. The summed E-state index contributed by atoms with van der Waals surface area (Å²) in [4.78, 5) is 0. The third-order valence-electron chi connectivity index (χ3n) is 3.36. The predicted octanol–water partition coefficient (Wildman–Crippen LogP) is 4.96. The molecule has 1 atom stereocenters. The minimum absolute atomic E-state index is 0.0438. The summed E-state index contributed by atoms with van der Waals surface area (Å²) >= 11 is 9.81. The molecule has 3 heteroatoms. The Balaban J connectivity index is 2.25. The average Bonchev–Trinajstić information content (AvgIpc) is 2.36. The number of benzene rings is 2. The molecular formula is C16H17BrClN. The van der Waals surface area contributed by atoms with Crippen LogP contribution in [0.1, 0.15) is 28.3 Å². The number of halogens is 2. The van der Waals surface area contributed by atoms with Crippen LogP contribution in [0.3, 0.4) is 0 Å². The maximum Gasteiger partial charge on any atom is 0.0441 e. The number of aryl methyl sites for hydroxylation is 1. The Morgan fingerprint density at radius 3 is 2.63 bits per heavy atom. The maximum absolute atomic E-state index is 6.32. The molecule has 0 heterocycles. The molecule has 2 aromatic rings. The summed E-state index contributed by atoms with van der Waals surface area (Å²) in [7, 11) is 0. The third kappa shape index (κ3) is 3.38. The first kappa shape index (κ1) is 14.6. The fraction of sp³-hybridized carbons (Fsp3) is 0.250. The van der Waals surface area contributed by atoms with Crippen molar-refractivity contribution in [2.24, 2.45) is 5.73 Å². The summed E-state index contributed by atoms with van der Waals surface area (Å²) in [6.07, 6.45) is 0.746. The molecule has 2 rings (SSSR count). The van der Waals surface area contributed by atoms with Crippen molar-refractivity contribution >= 4 is 27.5 Å². The van der Waals surface area contributed by atoms with E-state index in [2.05, 4.69) is 41.1 Å². The summed E-state index contributed by atoms with van der Waals surface area (Å²) in [6.45, 7) is 4.12. The molecule has 0 aliphatic heterocycles. The maximum atomic E-state index is 6.32. The molecule has 1 unspecified atom stereocenters. The second-order valence-electron chi connectivity index (χ2n) is 4.86. The molecule has 0 aromatic heterocycles. The van der Waals surface area contributed by atoms with Crippen LogP contribution in [0.2, 0.25) is 5.02 Å². The third-order valence-corrected chi connectivity index (χ3v) is 4.57. The normalized spacial score (nSPS) is 12.5. The van der Waals surface area contributed by atoms with E-state index in [9.17, 15) is 0 Å². The van der Waals surface area contributed by atoms with E-state index in [1.54, 1.807) is 0 Å². The van der Waals surface area contributed by atoms with E-state index >= 15 is 0 Å². The van der Waals surface area contributed by atoms with Gasteiger partial charge in [-0.25, -0.2) is 0 Å². The van der Waals surface area contributed by atoms with Crippen LogP contribution in [-0.4, -0.2) is 0 Å². The molecule has 0 amide bonds. The fourth-order valence-electron chi connectivity index (χ4n) is 2.19. The molecule has 1 nitrogen and oxygen atoms in total. The van der Waals surface area contributed by atoms with Gasteiger partial charge in [0.1, 0.15) is 0 Å². The van der Waals surface area contributed by atoms with Crippen molar-refractivity contribution < 1.29 is 0 Å². The Labute approximate surface area is 127 Å². The highest BCUT2D eigenvalue weighted by Gasteiger charge is 2.13. The summed E-state index contributed by atoms with van der Waals surface area (Å²) in [6, 6.07) is 12.2. The van der Waals surface area contributed by atoms with Crippen LogP contribution in [0.5, 0.6) is 0 Å². The fourth-order valence-corrected chi connectivity index (χ4v) is 2.88. The first-order chi connectivity index (χ1) is 8.99. The van der Waals surface area contributed by atoms with Gasteiger partial charge in [-0.2, -0.15) is 0 Å². The number of rotatable bonds is 3. The van der Waals surface area contributed by atoms with Gasteiger partial charge in [-0.3, -0.25) is 0 Å². The van der Waals surface area contributed by atoms with Gasteiger partial charge in [0.15, 0.2) is 0 Å². The lowest BCUT2D eigenvalue weighted by atomic mass is 9.96. The van der Waals surface area contributed by atoms with Crippen molar-refractivity contribution in [3.05, 3.63) is 68.1 Å². The van der Waals surface area contributed by atoms with Crippen LogP contribution in [0.25, 0.3) is 0 Å². The Hall–Kier alpha value is -0.830. The van der Waals surface area contributed by atoms with E-state index in [1.807, 2.05) is 25.1 Å². The topological polar surface area (TPSA) is 26.0 Å². The zero-order chi connectivity index (χ0) is 14.0. The molecule has 100 valence electrons. The highest BCUT2D eigenvalue weighted by Crippen LogP contribution is 2.27. The monoisotopic (exact) mass is 337 g/mol. The largest absolute Gasteiger partial charge is 0.324 e. The van der Waals surface area contributed by atoms with Crippen molar-refractivity contribution in [1.29, 1.82) is 0 Å². The van der Waals surface area contributed by atoms with Gasteiger partial charge in [-0.15, -0.1) is 0 Å². The van der Waals surface area contributed by atoms with Crippen LogP contribution in [0.15, 0.2) is 40.9 Å². The van der Waals surface area contributed by atoms with Crippen molar-refractivity contribution in [3.8, 4) is 0 Å². The van der Waals surface area contributed by atoms with Crippen LogP contribution in [-0.2, 0) is 6.42 Å². The predicted molar refractivity (Wildman–Crippen MR) is 85.7 cm³/mol. The second kappa shape index (κ2) is 6.08. The van der Waals surface area contributed by atoms with Gasteiger partial charge in [-0.1, -0.05) is 51.8 Å². The lowest BCUT2D eigenvalue weighted by molar-refractivity contribution is 0.716. The smallest absolute Gasteiger partial charge is 0.0441 e. The quantitative estimate of drug-likeness (QED) is 0.841. The van der Waals surface area contributed by atoms with Crippen LogP contribution in [0, 0.1) is 13.8 Å². The lowest BCUT2D eigenvalue weighted by Crippen LogP contribution is -2.15. The zero-order valence-corrected chi connectivity index (χ0v) is 13.4. The van der Waals surface area contributed by atoms with Gasteiger partial charge >= 0.3 is 0 Å². The van der Waals surface area contributed by atoms with Crippen molar-refractivity contribution in [3.63, 3.8) is 0 Å². The summed E-state index contributed by atoms with van der Waals surface area (Å²) in [5.74, 6) is 0. The van der Waals surface area contributed by atoms with Gasteiger partial charge in [0.05, 0.1) is 0 Å². The van der Waals surface area contributed by atoms with Crippen molar-refractivity contribution in [2.75, 3.05) is 0 Å². The summed E-state index contributed by atoms with van der Waals surface area (Å²) < 4.78 is 1.09. The number of hydrogen-bond donors (Lipinski definition) is 1. The molecule has 0 radical (unpaired) electrons. The van der Waals surface area contributed by atoms with E-state index in [-0.39, 0.29) is 6.04 Å². The molecule has 0 aliphatic carbocycles. The first-order valence-electron chi connectivity index (χ1n) is 6.24. The van der Waals surface area contributed by atoms with Gasteiger partial charge < -0.3 is 5.73 Å². The minimum atomic E-state index is -0.0438.